The number of likely N-dealkylation sites (N-methyl/N-ethyl adjacent to an activating group) is 1. The zero-order valence-electron chi connectivity index (χ0n) is 8.23. The summed E-state index contributed by atoms with van der Waals surface area (Å²) >= 11 is 0. The van der Waals surface area contributed by atoms with Crippen LogP contribution in [0.1, 0.15) is 18.6 Å². The molecule has 0 spiro atoms. The number of rotatable bonds is 3. The Hall–Kier alpha value is -1.26. The first-order valence-electron chi connectivity index (χ1n) is 4.43. The maximum Gasteiger partial charge on any atom is 0.157 e. The van der Waals surface area contributed by atoms with E-state index in [1.54, 1.807) is 13.1 Å². The van der Waals surface area contributed by atoms with Crippen molar-refractivity contribution < 1.29 is 15.3 Å². The predicted octanol–water partition coefficient (Wildman–Crippen LogP) is 0.739. The lowest BCUT2D eigenvalue weighted by Gasteiger charge is -2.18. The summed E-state index contributed by atoms with van der Waals surface area (Å²) in [5, 5.41) is 30.9. The molecule has 1 rings (SSSR count). The SMILES string of the molecule is CN[C@@H](C)[C@@H](O)c1ccc(O)c(O)c1. The first-order chi connectivity index (χ1) is 6.56. The van der Waals surface area contributed by atoms with Gasteiger partial charge in [-0.1, -0.05) is 6.07 Å². The highest BCUT2D eigenvalue weighted by Crippen LogP contribution is 2.28. The standard InChI is InChI=1S/C10H15NO3/c1-6(11-2)10(14)7-3-4-8(12)9(13)5-7/h3-6,10-14H,1-2H3/t6-,10+/m0/s1. The van der Waals surface area contributed by atoms with Crippen LogP contribution in [-0.2, 0) is 0 Å². The predicted molar refractivity (Wildman–Crippen MR) is 53.3 cm³/mol. The Morgan fingerprint density at radius 2 is 1.86 bits per heavy atom. The van der Waals surface area contributed by atoms with E-state index in [0.717, 1.165) is 0 Å². The maximum absolute atomic E-state index is 9.75. The number of benzene rings is 1. The molecular weight excluding hydrogens is 182 g/mol. The summed E-state index contributed by atoms with van der Waals surface area (Å²) in [7, 11) is 1.74. The van der Waals surface area contributed by atoms with E-state index in [4.69, 9.17) is 5.11 Å². The number of hydrogen-bond donors (Lipinski definition) is 4. The van der Waals surface area contributed by atoms with Crippen LogP contribution < -0.4 is 5.32 Å². The Morgan fingerprint density at radius 3 is 2.36 bits per heavy atom. The lowest BCUT2D eigenvalue weighted by atomic mass is 10.0. The third-order valence-electron chi connectivity index (χ3n) is 2.27. The number of hydrogen-bond acceptors (Lipinski definition) is 4. The average Bonchev–Trinajstić information content (AvgIpc) is 2.20. The molecule has 0 unspecified atom stereocenters. The van der Waals surface area contributed by atoms with Gasteiger partial charge in [0.2, 0.25) is 0 Å². The molecular formula is C10H15NO3. The molecule has 4 N–H and O–H groups in total. The zero-order valence-corrected chi connectivity index (χ0v) is 8.23. The minimum Gasteiger partial charge on any atom is -0.504 e. The lowest BCUT2D eigenvalue weighted by molar-refractivity contribution is 0.139. The molecule has 0 aliphatic heterocycles. The smallest absolute Gasteiger partial charge is 0.157 e. The molecule has 4 heteroatoms. The van der Waals surface area contributed by atoms with Gasteiger partial charge >= 0.3 is 0 Å². The van der Waals surface area contributed by atoms with Gasteiger partial charge in [0.05, 0.1) is 6.10 Å². The number of aliphatic hydroxyl groups excluding tert-OH is 1. The largest absolute Gasteiger partial charge is 0.504 e. The number of phenols is 2. The Labute approximate surface area is 82.8 Å². The van der Waals surface area contributed by atoms with Crippen molar-refractivity contribution in [3.05, 3.63) is 23.8 Å². The van der Waals surface area contributed by atoms with Gasteiger partial charge in [-0.15, -0.1) is 0 Å². The van der Waals surface area contributed by atoms with Crippen LogP contribution in [0.2, 0.25) is 0 Å². The van der Waals surface area contributed by atoms with Gasteiger partial charge in [-0.25, -0.2) is 0 Å². The van der Waals surface area contributed by atoms with Crippen molar-refractivity contribution in [2.24, 2.45) is 0 Å². The van der Waals surface area contributed by atoms with Gasteiger partial charge in [0.1, 0.15) is 0 Å². The van der Waals surface area contributed by atoms with Crippen molar-refractivity contribution in [1.29, 1.82) is 0 Å². The molecule has 4 nitrogen and oxygen atoms in total. The quantitative estimate of drug-likeness (QED) is 0.539. The minimum absolute atomic E-state index is 0.112. The molecule has 1 aromatic rings. The van der Waals surface area contributed by atoms with Crippen LogP contribution in [0.4, 0.5) is 0 Å². The van der Waals surface area contributed by atoms with Crippen molar-refractivity contribution in [2.45, 2.75) is 19.1 Å². The van der Waals surface area contributed by atoms with Crippen LogP contribution in [-0.4, -0.2) is 28.4 Å². The molecule has 0 saturated carbocycles. The van der Waals surface area contributed by atoms with E-state index < -0.39 is 6.10 Å². The molecule has 1 aromatic carbocycles. The van der Waals surface area contributed by atoms with Gasteiger partial charge in [-0.3, -0.25) is 0 Å². The summed E-state index contributed by atoms with van der Waals surface area (Å²) in [6, 6.07) is 4.18. The molecule has 0 radical (unpaired) electrons. The molecule has 78 valence electrons. The number of phenolic OH excluding ortho intramolecular Hbond substituents is 2. The van der Waals surface area contributed by atoms with Gasteiger partial charge in [-0.2, -0.15) is 0 Å². The van der Waals surface area contributed by atoms with Gasteiger partial charge in [0, 0.05) is 6.04 Å². The summed E-state index contributed by atoms with van der Waals surface area (Å²) in [5.41, 5.74) is 0.571. The molecule has 0 aromatic heterocycles. The first-order valence-corrected chi connectivity index (χ1v) is 4.43. The van der Waals surface area contributed by atoms with Crippen LogP contribution in [0.15, 0.2) is 18.2 Å². The van der Waals surface area contributed by atoms with Crippen LogP contribution in [0.25, 0.3) is 0 Å². The van der Waals surface area contributed by atoms with E-state index in [-0.39, 0.29) is 17.5 Å². The summed E-state index contributed by atoms with van der Waals surface area (Å²) < 4.78 is 0. The second-order valence-corrected chi connectivity index (χ2v) is 3.27. The normalized spacial score (nSPS) is 15.1. The molecule has 0 amide bonds. The van der Waals surface area contributed by atoms with Crippen LogP contribution >= 0.6 is 0 Å². The molecule has 0 bridgehead atoms. The summed E-state index contributed by atoms with van der Waals surface area (Å²) in [5.74, 6) is -0.400. The molecule has 0 heterocycles. The topological polar surface area (TPSA) is 72.7 Å². The highest BCUT2D eigenvalue weighted by molar-refractivity contribution is 5.41. The summed E-state index contributed by atoms with van der Waals surface area (Å²) in [4.78, 5) is 0. The van der Waals surface area contributed by atoms with Crippen LogP contribution in [0, 0.1) is 0 Å². The Bertz CT molecular complexity index is 314. The summed E-state index contributed by atoms with van der Waals surface area (Å²) in [6.45, 7) is 1.83. The monoisotopic (exact) mass is 197 g/mol. The highest BCUT2D eigenvalue weighted by Gasteiger charge is 2.15. The molecule has 2 atom stereocenters. The van der Waals surface area contributed by atoms with Gasteiger partial charge in [0.25, 0.3) is 0 Å². The number of aromatic hydroxyl groups is 2. The molecule has 0 aliphatic carbocycles. The third kappa shape index (κ3) is 2.16. The van der Waals surface area contributed by atoms with Crippen molar-refractivity contribution in [2.75, 3.05) is 7.05 Å². The lowest BCUT2D eigenvalue weighted by Crippen LogP contribution is -2.28. The average molecular weight is 197 g/mol. The van der Waals surface area contributed by atoms with Gasteiger partial charge < -0.3 is 20.6 Å². The van der Waals surface area contributed by atoms with Crippen molar-refractivity contribution in [1.82, 2.24) is 5.32 Å². The van der Waals surface area contributed by atoms with E-state index in [9.17, 15) is 10.2 Å². The molecule has 0 aliphatic rings. The Morgan fingerprint density at radius 1 is 1.21 bits per heavy atom. The van der Waals surface area contributed by atoms with E-state index in [2.05, 4.69) is 5.32 Å². The molecule has 14 heavy (non-hydrogen) atoms. The fourth-order valence-corrected chi connectivity index (χ4v) is 1.17. The van der Waals surface area contributed by atoms with Gasteiger partial charge in [0.15, 0.2) is 11.5 Å². The van der Waals surface area contributed by atoms with Gasteiger partial charge in [-0.05, 0) is 31.7 Å². The second-order valence-electron chi connectivity index (χ2n) is 3.27. The fraction of sp³-hybridized carbons (Fsp3) is 0.400. The fourth-order valence-electron chi connectivity index (χ4n) is 1.17. The van der Waals surface area contributed by atoms with E-state index in [1.165, 1.54) is 12.1 Å². The molecule has 0 saturated heterocycles. The summed E-state index contributed by atoms with van der Waals surface area (Å²) in [6.07, 6.45) is -0.702. The van der Waals surface area contributed by atoms with Crippen LogP contribution in [0.5, 0.6) is 11.5 Å². The van der Waals surface area contributed by atoms with E-state index >= 15 is 0 Å². The van der Waals surface area contributed by atoms with E-state index in [0.29, 0.717) is 5.56 Å². The Balaban J connectivity index is 2.91. The maximum atomic E-state index is 9.75. The van der Waals surface area contributed by atoms with E-state index in [1.807, 2.05) is 6.92 Å². The minimum atomic E-state index is -0.702. The highest BCUT2D eigenvalue weighted by atomic mass is 16.3. The van der Waals surface area contributed by atoms with Crippen molar-refractivity contribution >= 4 is 0 Å². The number of nitrogens with one attached hydrogen (secondary N) is 1. The second kappa shape index (κ2) is 4.30. The first kappa shape index (κ1) is 10.8. The van der Waals surface area contributed by atoms with Crippen molar-refractivity contribution in [3.63, 3.8) is 0 Å². The van der Waals surface area contributed by atoms with Crippen molar-refractivity contribution in [3.8, 4) is 11.5 Å². The number of aliphatic hydroxyl groups is 1. The zero-order chi connectivity index (χ0) is 10.7. The molecule has 0 fully saturated rings. The Kier molecular flexibility index (Phi) is 3.33. The van der Waals surface area contributed by atoms with Crippen LogP contribution in [0.3, 0.4) is 0 Å². The third-order valence-corrected chi connectivity index (χ3v) is 2.27.